The molecule has 21 heavy (non-hydrogen) atoms. The van der Waals surface area contributed by atoms with Gasteiger partial charge in [0.25, 0.3) is 0 Å². The van der Waals surface area contributed by atoms with Gasteiger partial charge in [0.2, 0.25) is 0 Å². The zero-order chi connectivity index (χ0) is 14.7. The van der Waals surface area contributed by atoms with E-state index in [1.54, 1.807) is 0 Å². The minimum absolute atomic E-state index is 0.136. The maximum Gasteiger partial charge on any atom is 0.170 e. The first-order valence-electron chi connectivity index (χ1n) is 7.13. The van der Waals surface area contributed by atoms with Crippen molar-refractivity contribution in [3.8, 4) is 0 Å². The number of nitrogens with zero attached hydrogens (tertiary/aromatic N) is 2. The smallest absolute Gasteiger partial charge is 0.170 e. The number of rotatable bonds is 2. The molecule has 5 nitrogen and oxygen atoms in total. The second kappa shape index (κ2) is 6.01. The Morgan fingerprint density at radius 2 is 1.90 bits per heavy atom. The largest absolute Gasteiger partial charge is 0.409 e. The van der Waals surface area contributed by atoms with Crippen molar-refractivity contribution < 1.29 is 9.94 Å². The monoisotopic (exact) mass is 285 g/mol. The number of ether oxygens (including phenoxy) is 1. The third-order valence-electron chi connectivity index (χ3n) is 3.85. The van der Waals surface area contributed by atoms with Crippen molar-refractivity contribution in [2.75, 3.05) is 31.2 Å². The molecule has 5 heteroatoms. The highest BCUT2D eigenvalue weighted by atomic mass is 16.5. The highest BCUT2D eigenvalue weighted by Crippen LogP contribution is 2.30. The first-order valence-corrected chi connectivity index (χ1v) is 7.13. The van der Waals surface area contributed by atoms with Crippen LogP contribution in [0.2, 0.25) is 0 Å². The van der Waals surface area contributed by atoms with Crippen LogP contribution in [0.1, 0.15) is 12.0 Å². The Morgan fingerprint density at radius 1 is 1.10 bits per heavy atom. The summed E-state index contributed by atoms with van der Waals surface area (Å²) in [5.41, 5.74) is 7.70. The van der Waals surface area contributed by atoms with Gasteiger partial charge in [-0.25, -0.2) is 0 Å². The lowest BCUT2D eigenvalue weighted by Gasteiger charge is -2.24. The van der Waals surface area contributed by atoms with E-state index in [1.807, 2.05) is 30.3 Å². The van der Waals surface area contributed by atoms with Crippen LogP contribution in [0, 0.1) is 0 Å². The summed E-state index contributed by atoms with van der Waals surface area (Å²) in [6, 6.07) is 12.0. The van der Waals surface area contributed by atoms with E-state index in [2.05, 4.69) is 16.1 Å². The van der Waals surface area contributed by atoms with E-state index in [9.17, 15) is 0 Å². The van der Waals surface area contributed by atoms with Crippen LogP contribution in [0.15, 0.2) is 41.6 Å². The van der Waals surface area contributed by atoms with Gasteiger partial charge in [0.05, 0.1) is 6.61 Å². The highest BCUT2D eigenvalue weighted by Gasteiger charge is 2.15. The summed E-state index contributed by atoms with van der Waals surface area (Å²) in [7, 11) is 0. The Bertz CT molecular complexity index is 662. The molecule has 0 radical (unpaired) electrons. The topological polar surface area (TPSA) is 71.1 Å². The summed E-state index contributed by atoms with van der Waals surface area (Å²) >= 11 is 0. The minimum atomic E-state index is 0.136. The van der Waals surface area contributed by atoms with Crippen molar-refractivity contribution in [1.29, 1.82) is 0 Å². The summed E-state index contributed by atoms with van der Waals surface area (Å²) in [4.78, 5) is 2.34. The fraction of sp³-hybridized carbons (Fsp3) is 0.312. The molecule has 0 atom stereocenters. The molecular formula is C16H19N3O2. The second-order valence-electron chi connectivity index (χ2n) is 5.12. The molecular weight excluding hydrogens is 266 g/mol. The van der Waals surface area contributed by atoms with Crippen LogP contribution in [-0.2, 0) is 4.74 Å². The second-order valence-corrected chi connectivity index (χ2v) is 5.12. The molecule has 3 N–H and O–H groups in total. The van der Waals surface area contributed by atoms with Gasteiger partial charge in [-0.15, -0.1) is 0 Å². The number of amidine groups is 1. The number of benzene rings is 2. The first kappa shape index (κ1) is 13.7. The number of anilines is 1. The molecule has 1 fully saturated rings. The molecule has 1 aliphatic heterocycles. The molecule has 110 valence electrons. The average molecular weight is 285 g/mol. The maximum atomic E-state index is 8.94. The molecule has 0 amide bonds. The van der Waals surface area contributed by atoms with Gasteiger partial charge in [0, 0.05) is 36.3 Å². The van der Waals surface area contributed by atoms with E-state index in [-0.39, 0.29) is 5.84 Å². The van der Waals surface area contributed by atoms with Crippen LogP contribution in [0.25, 0.3) is 10.8 Å². The molecule has 0 unspecified atom stereocenters. The zero-order valence-electron chi connectivity index (χ0n) is 11.8. The zero-order valence-corrected chi connectivity index (χ0v) is 11.8. The predicted molar refractivity (Wildman–Crippen MR) is 84.1 cm³/mol. The van der Waals surface area contributed by atoms with Gasteiger partial charge in [-0.1, -0.05) is 29.4 Å². The van der Waals surface area contributed by atoms with Gasteiger partial charge in [-0.2, -0.15) is 0 Å². The molecule has 2 aromatic rings. The fourth-order valence-electron chi connectivity index (χ4n) is 2.82. The summed E-state index contributed by atoms with van der Waals surface area (Å²) in [6.07, 6.45) is 1.02. The van der Waals surface area contributed by atoms with E-state index in [0.717, 1.165) is 49.1 Å². The van der Waals surface area contributed by atoms with E-state index >= 15 is 0 Å². The van der Waals surface area contributed by atoms with Crippen molar-refractivity contribution in [1.82, 2.24) is 0 Å². The van der Waals surface area contributed by atoms with Crippen LogP contribution in [0.5, 0.6) is 0 Å². The first-order chi connectivity index (χ1) is 10.3. The Morgan fingerprint density at radius 3 is 2.71 bits per heavy atom. The Balaban J connectivity index is 2.12. The summed E-state index contributed by atoms with van der Waals surface area (Å²) in [5.74, 6) is 0.136. The Hall–Kier alpha value is -2.27. The van der Waals surface area contributed by atoms with Crippen LogP contribution < -0.4 is 10.6 Å². The van der Waals surface area contributed by atoms with Gasteiger partial charge in [0.1, 0.15) is 0 Å². The molecule has 2 aromatic carbocycles. The summed E-state index contributed by atoms with van der Waals surface area (Å²) in [5, 5.41) is 14.2. The minimum Gasteiger partial charge on any atom is -0.409 e. The van der Waals surface area contributed by atoms with Crippen LogP contribution in [0.4, 0.5) is 5.69 Å². The SMILES string of the molecule is N/C(=N/O)c1ccc(N2CCCOCC2)c2ccccc12. The van der Waals surface area contributed by atoms with Crippen molar-refractivity contribution >= 4 is 22.3 Å². The van der Waals surface area contributed by atoms with Crippen molar-refractivity contribution in [2.45, 2.75) is 6.42 Å². The van der Waals surface area contributed by atoms with E-state index in [1.165, 1.54) is 5.69 Å². The predicted octanol–water partition coefficient (Wildman–Crippen LogP) is 2.16. The number of hydrogen-bond donors (Lipinski definition) is 2. The number of fused-ring (bicyclic) bond motifs is 1. The molecule has 0 aliphatic carbocycles. The summed E-state index contributed by atoms with van der Waals surface area (Å²) < 4.78 is 5.52. The highest BCUT2D eigenvalue weighted by molar-refractivity contribution is 6.11. The fourth-order valence-corrected chi connectivity index (χ4v) is 2.82. The third kappa shape index (κ3) is 2.64. The van der Waals surface area contributed by atoms with Gasteiger partial charge in [-0.05, 0) is 23.9 Å². The van der Waals surface area contributed by atoms with Gasteiger partial charge >= 0.3 is 0 Å². The van der Waals surface area contributed by atoms with Crippen molar-refractivity contribution in [2.24, 2.45) is 10.9 Å². The van der Waals surface area contributed by atoms with Crippen molar-refractivity contribution in [3.05, 3.63) is 42.0 Å². The molecule has 1 saturated heterocycles. The van der Waals surface area contributed by atoms with Crippen molar-refractivity contribution in [3.63, 3.8) is 0 Å². The van der Waals surface area contributed by atoms with Crippen LogP contribution in [0.3, 0.4) is 0 Å². The van der Waals surface area contributed by atoms with Gasteiger partial charge in [0.15, 0.2) is 5.84 Å². The average Bonchev–Trinajstić information content (AvgIpc) is 2.82. The maximum absolute atomic E-state index is 8.94. The standard InChI is InChI=1S/C16H19N3O2/c17-16(18-20)14-6-7-15(13-5-2-1-4-12(13)14)19-8-3-10-21-11-9-19/h1-2,4-7,20H,3,8-11H2,(H2,17,18). The molecule has 0 aromatic heterocycles. The van der Waals surface area contributed by atoms with E-state index in [0.29, 0.717) is 0 Å². The molecule has 3 rings (SSSR count). The number of hydrogen-bond acceptors (Lipinski definition) is 4. The Labute approximate surface area is 123 Å². The summed E-state index contributed by atoms with van der Waals surface area (Å²) in [6.45, 7) is 3.42. The number of nitrogens with two attached hydrogens (primary N) is 1. The Kier molecular flexibility index (Phi) is 3.92. The third-order valence-corrected chi connectivity index (χ3v) is 3.85. The normalized spacial score (nSPS) is 17.0. The molecule has 0 saturated carbocycles. The lowest BCUT2D eigenvalue weighted by atomic mass is 10.0. The van der Waals surface area contributed by atoms with Crippen LogP contribution >= 0.6 is 0 Å². The lowest BCUT2D eigenvalue weighted by molar-refractivity contribution is 0.152. The van der Waals surface area contributed by atoms with Gasteiger partial charge in [-0.3, -0.25) is 0 Å². The van der Waals surface area contributed by atoms with E-state index in [4.69, 9.17) is 15.7 Å². The molecule has 1 aliphatic rings. The van der Waals surface area contributed by atoms with Crippen LogP contribution in [-0.4, -0.2) is 37.3 Å². The van der Waals surface area contributed by atoms with E-state index < -0.39 is 0 Å². The molecule has 1 heterocycles. The number of oxime groups is 1. The molecule has 0 spiro atoms. The lowest BCUT2D eigenvalue weighted by Crippen LogP contribution is -2.26. The quantitative estimate of drug-likeness (QED) is 0.384. The van der Waals surface area contributed by atoms with Gasteiger partial charge < -0.3 is 20.6 Å². The molecule has 0 bridgehead atoms.